The molecule has 4 heteroatoms. The topological polar surface area (TPSA) is 49.2 Å². The molecule has 0 spiro atoms. The van der Waals surface area contributed by atoms with Crippen molar-refractivity contribution in [1.29, 1.82) is 0 Å². The quantitative estimate of drug-likeness (QED) is 0.863. The summed E-state index contributed by atoms with van der Waals surface area (Å²) in [5.41, 5.74) is 1.18. The standard InChI is InChI=1S/C17H25N3O/c1-3-14-11-18-17(19-12-14)20(2)13-16-8-6-15(7-9-16)5-4-10-21/h11-12,15-16,21H,3,6-10,13H2,1-2H3. The molecule has 114 valence electrons. The van der Waals surface area contributed by atoms with E-state index in [1.165, 1.54) is 18.4 Å². The van der Waals surface area contributed by atoms with Crippen LogP contribution in [0.25, 0.3) is 0 Å². The van der Waals surface area contributed by atoms with Crippen LogP contribution in [0.5, 0.6) is 0 Å². The van der Waals surface area contributed by atoms with Gasteiger partial charge in [-0.05, 0) is 43.6 Å². The third-order valence-corrected chi connectivity index (χ3v) is 4.21. The van der Waals surface area contributed by atoms with Crippen molar-refractivity contribution in [2.75, 3.05) is 25.1 Å². The molecule has 1 heterocycles. The van der Waals surface area contributed by atoms with Gasteiger partial charge in [-0.15, -0.1) is 0 Å². The fourth-order valence-electron chi connectivity index (χ4n) is 2.88. The Hall–Kier alpha value is -1.60. The van der Waals surface area contributed by atoms with E-state index in [1.54, 1.807) is 0 Å². The second kappa shape index (κ2) is 7.99. The lowest BCUT2D eigenvalue weighted by Crippen LogP contribution is -2.29. The molecule has 0 aromatic carbocycles. The number of hydrogen-bond donors (Lipinski definition) is 1. The molecule has 1 N–H and O–H groups in total. The van der Waals surface area contributed by atoms with Crippen molar-refractivity contribution in [1.82, 2.24) is 9.97 Å². The molecule has 1 saturated carbocycles. The van der Waals surface area contributed by atoms with Gasteiger partial charge in [0.05, 0.1) is 0 Å². The zero-order chi connectivity index (χ0) is 15.1. The first-order valence-corrected chi connectivity index (χ1v) is 7.84. The fourth-order valence-corrected chi connectivity index (χ4v) is 2.88. The normalized spacial score (nSPS) is 21.5. The van der Waals surface area contributed by atoms with Gasteiger partial charge in [-0.2, -0.15) is 0 Å². The van der Waals surface area contributed by atoms with E-state index < -0.39 is 0 Å². The Kier molecular flexibility index (Phi) is 6.01. The van der Waals surface area contributed by atoms with Crippen LogP contribution in [-0.4, -0.2) is 35.3 Å². The highest BCUT2D eigenvalue weighted by Crippen LogP contribution is 2.29. The van der Waals surface area contributed by atoms with Crippen molar-refractivity contribution >= 4 is 5.95 Å². The number of aromatic nitrogens is 2. The second-order valence-corrected chi connectivity index (χ2v) is 5.82. The maximum absolute atomic E-state index is 8.74. The molecule has 1 aromatic heterocycles. The molecule has 1 aliphatic rings. The first-order chi connectivity index (χ1) is 10.2. The number of aliphatic hydroxyl groups excluding tert-OH is 1. The van der Waals surface area contributed by atoms with Gasteiger partial charge in [-0.3, -0.25) is 0 Å². The van der Waals surface area contributed by atoms with Gasteiger partial charge >= 0.3 is 0 Å². The summed E-state index contributed by atoms with van der Waals surface area (Å²) in [6.07, 6.45) is 9.48. The monoisotopic (exact) mass is 287 g/mol. The van der Waals surface area contributed by atoms with Crippen molar-refractivity contribution in [2.45, 2.75) is 39.0 Å². The summed E-state index contributed by atoms with van der Waals surface area (Å²) in [6, 6.07) is 0. The van der Waals surface area contributed by atoms with E-state index in [2.05, 4.69) is 40.7 Å². The molecule has 0 radical (unpaired) electrons. The Morgan fingerprint density at radius 3 is 2.48 bits per heavy atom. The number of hydrogen-bond acceptors (Lipinski definition) is 4. The Bertz CT molecular complexity index is 481. The van der Waals surface area contributed by atoms with E-state index >= 15 is 0 Å². The number of aliphatic hydroxyl groups is 1. The average molecular weight is 287 g/mol. The molecular formula is C17H25N3O. The zero-order valence-corrected chi connectivity index (χ0v) is 13.0. The molecule has 0 unspecified atom stereocenters. The van der Waals surface area contributed by atoms with Crippen LogP contribution in [0.3, 0.4) is 0 Å². The summed E-state index contributed by atoms with van der Waals surface area (Å²) in [7, 11) is 2.07. The molecule has 0 aliphatic heterocycles. The highest BCUT2D eigenvalue weighted by atomic mass is 16.2. The van der Waals surface area contributed by atoms with Gasteiger partial charge in [-0.25, -0.2) is 9.97 Å². The highest BCUT2D eigenvalue weighted by molar-refractivity contribution is 5.28. The van der Waals surface area contributed by atoms with Crippen LogP contribution in [0.15, 0.2) is 12.4 Å². The van der Waals surface area contributed by atoms with Crippen LogP contribution < -0.4 is 4.90 Å². The van der Waals surface area contributed by atoms with Crippen LogP contribution >= 0.6 is 0 Å². The molecular weight excluding hydrogens is 262 g/mol. The Morgan fingerprint density at radius 2 is 1.90 bits per heavy atom. The minimum atomic E-state index is -0.0201. The highest BCUT2D eigenvalue weighted by Gasteiger charge is 2.21. The smallest absolute Gasteiger partial charge is 0.224 e. The minimum absolute atomic E-state index is 0.0201. The maximum Gasteiger partial charge on any atom is 0.224 e. The first kappa shape index (κ1) is 15.8. The van der Waals surface area contributed by atoms with Crippen LogP contribution in [0.1, 0.15) is 38.2 Å². The molecule has 1 aliphatic carbocycles. The van der Waals surface area contributed by atoms with Crippen molar-refractivity contribution in [3.05, 3.63) is 18.0 Å². The lowest BCUT2D eigenvalue weighted by molar-refractivity contribution is 0.318. The number of aryl methyl sites for hydroxylation is 1. The van der Waals surface area contributed by atoms with Gasteiger partial charge in [-0.1, -0.05) is 18.8 Å². The summed E-state index contributed by atoms with van der Waals surface area (Å²) in [6.45, 7) is 3.10. The Morgan fingerprint density at radius 1 is 1.24 bits per heavy atom. The molecule has 4 nitrogen and oxygen atoms in total. The molecule has 0 amide bonds. The predicted octanol–water partition coefficient (Wildman–Crippen LogP) is 2.28. The molecule has 1 aromatic rings. The van der Waals surface area contributed by atoms with Crippen molar-refractivity contribution in [3.8, 4) is 11.8 Å². The summed E-state index contributed by atoms with van der Waals surface area (Å²) in [5.74, 6) is 7.91. The number of anilines is 1. The molecule has 0 bridgehead atoms. The largest absolute Gasteiger partial charge is 0.384 e. The van der Waals surface area contributed by atoms with Crippen molar-refractivity contribution in [2.24, 2.45) is 11.8 Å². The van der Waals surface area contributed by atoms with Crippen LogP contribution in [0.2, 0.25) is 0 Å². The molecule has 21 heavy (non-hydrogen) atoms. The molecule has 0 atom stereocenters. The summed E-state index contributed by atoms with van der Waals surface area (Å²) in [4.78, 5) is 11.0. The van der Waals surface area contributed by atoms with E-state index in [9.17, 15) is 0 Å². The van der Waals surface area contributed by atoms with Crippen molar-refractivity contribution in [3.63, 3.8) is 0 Å². The van der Waals surface area contributed by atoms with E-state index in [4.69, 9.17) is 5.11 Å². The Balaban J connectivity index is 1.82. The molecule has 2 rings (SSSR count). The van der Waals surface area contributed by atoms with Crippen LogP contribution in [0.4, 0.5) is 5.95 Å². The van der Waals surface area contributed by atoms with E-state index in [0.29, 0.717) is 11.8 Å². The summed E-state index contributed by atoms with van der Waals surface area (Å²) < 4.78 is 0. The van der Waals surface area contributed by atoms with Gasteiger partial charge in [0, 0.05) is 31.9 Å². The molecule has 0 saturated heterocycles. The minimum Gasteiger partial charge on any atom is -0.384 e. The lowest BCUT2D eigenvalue weighted by atomic mass is 9.82. The number of nitrogens with zero attached hydrogens (tertiary/aromatic N) is 3. The van der Waals surface area contributed by atoms with Crippen molar-refractivity contribution < 1.29 is 5.11 Å². The third kappa shape index (κ3) is 4.71. The van der Waals surface area contributed by atoms with Gasteiger partial charge in [0.1, 0.15) is 6.61 Å². The maximum atomic E-state index is 8.74. The lowest BCUT2D eigenvalue weighted by Gasteiger charge is -2.29. The van der Waals surface area contributed by atoms with Gasteiger partial charge < -0.3 is 10.0 Å². The van der Waals surface area contributed by atoms with E-state index in [1.807, 2.05) is 12.4 Å². The van der Waals surface area contributed by atoms with Crippen LogP contribution in [-0.2, 0) is 6.42 Å². The zero-order valence-electron chi connectivity index (χ0n) is 13.0. The van der Waals surface area contributed by atoms with E-state index in [-0.39, 0.29) is 6.61 Å². The molecule has 1 fully saturated rings. The summed E-state index contributed by atoms with van der Waals surface area (Å²) >= 11 is 0. The second-order valence-electron chi connectivity index (χ2n) is 5.82. The predicted molar refractivity (Wildman–Crippen MR) is 85.0 cm³/mol. The average Bonchev–Trinajstić information content (AvgIpc) is 2.54. The van der Waals surface area contributed by atoms with E-state index in [0.717, 1.165) is 31.8 Å². The first-order valence-electron chi connectivity index (χ1n) is 7.84. The summed E-state index contributed by atoms with van der Waals surface area (Å²) in [5, 5.41) is 8.74. The van der Waals surface area contributed by atoms with Gasteiger partial charge in [0.15, 0.2) is 0 Å². The Labute approximate surface area is 127 Å². The number of rotatable bonds is 4. The van der Waals surface area contributed by atoms with Gasteiger partial charge in [0.25, 0.3) is 0 Å². The van der Waals surface area contributed by atoms with Gasteiger partial charge in [0.2, 0.25) is 5.95 Å². The third-order valence-electron chi connectivity index (χ3n) is 4.21. The fraction of sp³-hybridized carbons (Fsp3) is 0.647. The SMILES string of the molecule is CCc1cnc(N(C)CC2CCC(C#CCO)CC2)nc1. The van der Waals surface area contributed by atoms with Crippen LogP contribution in [0, 0.1) is 23.7 Å².